The molecular weight excluding hydrogens is 258 g/mol. The SMILES string of the molecule is Cc1cc(N)c(Cl)cc1N1CCN(C(C)(C)C)CC1. The van der Waals surface area contributed by atoms with Crippen molar-refractivity contribution in [2.75, 3.05) is 36.8 Å². The van der Waals surface area contributed by atoms with Crippen molar-refractivity contribution in [3.8, 4) is 0 Å². The first-order chi connectivity index (χ1) is 8.79. The minimum atomic E-state index is 0.250. The van der Waals surface area contributed by atoms with Crippen LogP contribution in [0.2, 0.25) is 5.02 Å². The van der Waals surface area contributed by atoms with E-state index >= 15 is 0 Å². The highest BCUT2D eigenvalue weighted by Gasteiger charge is 2.26. The van der Waals surface area contributed by atoms with Gasteiger partial charge in [-0.25, -0.2) is 0 Å². The quantitative estimate of drug-likeness (QED) is 0.803. The van der Waals surface area contributed by atoms with Crippen molar-refractivity contribution in [3.63, 3.8) is 0 Å². The number of halogens is 1. The predicted molar refractivity (Wildman–Crippen MR) is 84.1 cm³/mol. The summed E-state index contributed by atoms with van der Waals surface area (Å²) in [5.74, 6) is 0. The maximum Gasteiger partial charge on any atom is 0.0656 e. The van der Waals surface area contributed by atoms with Crippen LogP contribution in [0.25, 0.3) is 0 Å². The van der Waals surface area contributed by atoms with Crippen LogP contribution in [-0.2, 0) is 0 Å². The molecule has 0 spiro atoms. The Morgan fingerprint density at radius 3 is 2.21 bits per heavy atom. The van der Waals surface area contributed by atoms with Crippen LogP contribution in [0.5, 0.6) is 0 Å². The van der Waals surface area contributed by atoms with Gasteiger partial charge in [-0.1, -0.05) is 11.6 Å². The second kappa shape index (κ2) is 5.22. The fourth-order valence-corrected chi connectivity index (χ4v) is 2.81. The fraction of sp³-hybridized carbons (Fsp3) is 0.600. The third-order valence-electron chi connectivity index (χ3n) is 3.88. The van der Waals surface area contributed by atoms with E-state index in [-0.39, 0.29) is 5.54 Å². The molecule has 1 aromatic carbocycles. The van der Waals surface area contributed by atoms with Gasteiger partial charge in [-0.3, -0.25) is 4.90 Å². The molecule has 106 valence electrons. The molecule has 1 saturated heterocycles. The van der Waals surface area contributed by atoms with Crippen molar-refractivity contribution < 1.29 is 0 Å². The van der Waals surface area contributed by atoms with E-state index in [0.717, 1.165) is 26.2 Å². The van der Waals surface area contributed by atoms with Crippen LogP contribution in [0.1, 0.15) is 26.3 Å². The highest BCUT2D eigenvalue weighted by atomic mass is 35.5. The molecule has 2 N–H and O–H groups in total. The summed E-state index contributed by atoms with van der Waals surface area (Å²) in [6.45, 7) is 13.2. The molecule has 0 amide bonds. The van der Waals surface area contributed by atoms with Gasteiger partial charge in [0.1, 0.15) is 0 Å². The maximum absolute atomic E-state index is 6.14. The molecule has 0 unspecified atom stereocenters. The number of rotatable bonds is 1. The molecule has 19 heavy (non-hydrogen) atoms. The fourth-order valence-electron chi connectivity index (χ4n) is 2.65. The normalized spacial score (nSPS) is 17.8. The Kier molecular flexibility index (Phi) is 3.98. The molecule has 1 aliphatic rings. The summed E-state index contributed by atoms with van der Waals surface area (Å²) in [7, 11) is 0. The summed E-state index contributed by atoms with van der Waals surface area (Å²) in [5, 5.41) is 0.652. The van der Waals surface area contributed by atoms with E-state index in [9.17, 15) is 0 Å². The first-order valence-electron chi connectivity index (χ1n) is 6.84. The number of benzene rings is 1. The van der Waals surface area contributed by atoms with Gasteiger partial charge in [0.05, 0.1) is 10.7 Å². The smallest absolute Gasteiger partial charge is 0.0656 e. The highest BCUT2D eigenvalue weighted by molar-refractivity contribution is 6.33. The molecular formula is C15H24ClN3. The van der Waals surface area contributed by atoms with E-state index in [1.165, 1.54) is 11.3 Å². The third kappa shape index (κ3) is 3.15. The third-order valence-corrected chi connectivity index (χ3v) is 4.21. The molecule has 4 heteroatoms. The van der Waals surface area contributed by atoms with Crippen LogP contribution in [-0.4, -0.2) is 36.6 Å². The zero-order chi connectivity index (χ0) is 14.2. The van der Waals surface area contributed by atoms with E-state index in [2.05, 4.69) is 37.5 Å². The number of nitrogens with two attached hydrogens (primary N) is 1. The Balaban J connectivity index is 2.12. The Bertz CT molecular complexity index is 457. The molecule has 1 fully saturated rings. The number of nitrogens with zero attached hydrogens (tertiary/aromatic N) is 2. The van der Waals surface area contributed by atoms with Gasteiger partial charge in [0.2, 0.25) is 0 Å². The maximum atomic E-state index is 6.14. The van der Waals surface area contributed by atoms with Gasteiger partial charge in [-0.15, -0.1) is 0 Å². The lowest BCUT2D eigenvalue weighted by Gasteiger charge is -2.43. The average Bonchev–Trinajstić information content (AvgIpc) is 2.33. The lowest BCUT2D eigenvalue weighted by Crippen LogP contribution is -2.53. The second-order valence-corrected chi connectivity index (χ2v) is 6.71. The first kappa shape index (κ1) is 14.5. The van der Waals surface area contributed by atoms with Crippen LogP contribution in [0.4, 0.5) is 11.4 Å². The largest absolute Gasteiger partial charge is 0.398 e. The van der Waals surface area contributed by atoms with Gasteiger partial charge >= 0.3 is 0 Å². The van der Waals surface area contributed by atoms with Gasteiger partial charge in [-0.05, 0) is 45.4 Å². The zero-order valence-corrected chi connectivity index (χ0v) is 13.1. The summed E-state index contributed by atoms with van der Waals surface area (Å²) in [6, 6.07) is 3.97. The van der Waals surface area contributed by atoms with Crippen molar-refractivity contribution in [3.05, 3.63) is 22.7 Å². The van der Waals surface area contributed by atoms with Crippen molar-refractivity contribution in [1.29, 1.82) is 0 Å². The summed E-state index contributed by atoms with van der Waals surface area (Å²) in [4.78, 5) is 4.93. The number of piperazine rings is 1. The van der Waals surface area contributed by atoms with Gasteiger partial charge in [0.25, 0.3) is 0 Å². The van der Waals surface area contributed by atoms with Crippen molar-refractivity contribution >= 4 is 23.0 Å². The Morgan fingerprint density at radius 1 is 1.11 bits per heavy atom. The van der Waals surface area contributed by atoms with Crippen LogP contribution >= 0.6 is 11.6 Å². The molecule has 0 aliphatic carbocycles. The molecule has 1 aliphatic heterocycles. The summed E-state index contributed by atoms with van der Waals surface area (Å²) in [5.41, 5.74) is 9.17. The van der Waals surface area contributed by atoms with Crippen molar-refractivity contribution in [1.82, 2.24) is 4.90 Å². The topological polar surface area (TPSA) is 32.5 Å². The molecule has 2 rings (SSSR count). The Hall–Kier alpha value is -0.930. The minimum absolute atomic E-state index is 0.250. The van der Waals surface area contributed by atoms with E-state index < -0.39 is 0 Å². The number of hydrogen-bond acceptors (Lipinski definition) is 3. The summed E-state index contributed by atoms with van der Waals surface area (Å²) in [6.07, 6.45) is 0. The molecule has 0 saturated carbocycles. The molecule has 0 aromatic heterocycles. The lowest BCUT2D eigenvalue weighted by atomic mass is 10.0. The molecule has 0 atom stereocenters. The van der Waals surface area contributed by atoms with Gasteiger partial charge < -0.3 is 10.6 Å². The molecule has 0 bridgehead atoms. The summed E-state index contributed by atoms with van der Waals surface area (Å²) < 4.78 is 0. The standard InChI is InChI=1S/C15H24ClN3/c1-11-9-13(17)12(16)10-14(11)18-5-7-19(8-6-18)15(2,3)4/h9-10H,5-8,17H2,1-4H3. The van der Waals surface area contributed by atoms with Crippen molar-refractivity contribution in [2.24, 2.45) is 0 Å². The van der Waals surface area contributed by atoms with E-state index in [1.807, 2.05) is 12.1 Å². The number of nitrogen functional groups attached to an aromatic ring is 1. The Morgan fingerprint density at radius 2 is 1.68 bits per heavy atom. The summed E-state index contributed by atoms with van der Waals surface area (Å²) >= 11 is 6.14. The zero-order valence-electron chi connectivity index (χ0n) is 12.3. The van der Waals surface area contributed by atoms with Gasteiger partial charge in [0, 0.05) is 37.4 Å². The molecule has 1 heterocycles. The van der Waals surface area contributed by atoms with E-state index in [0.29, 0.717) is 10.7 Å². The van der Waals surface area contributed by atoms with Crippen LogP contribution in [0.15, 0.2) is 12.1 Å². The van der Waals surface area contributed by atoms with Gasteiger partial charge in [-0.2, -0.15) is 0 Å². The predicted octanol–water partition coefficient (Wildman–Crippen LogP) is 3.15. The van der Waals surface area contributed by atoms with Crippen molar-refractivity contribution in [2.45, 2.75) is 33.2 Å². The first-order valence-corrected chi connectivity index (χ1v) is 7.22. The molecule has 1 aromatic rings. The molecule has 3 nitrogen and oxygen atoms in total. The lowest BCUT2D eigenvalue weighted by molar-refractivity contribution is 0.128. The average molecular weight is 282 g/mol. The number of anilines is 2. The van der Waals surface area contributed by atoms with Crippen LogP contribution in [0.3, 0.4) is 0 Å². The highest BCUT2D eigenvalue weighted by Crippen LogP contribution is 2.30. The van der Waals surface area contributed by atoms with E-state index in [1.54, 1.807) is 0 Å². The van der Waals surface area contributed by atoms with Crippen LogP contribution < -0.4 is 10.6 Å². The minimum Gasteiger partial charge on any atom is -0.398 e. The number of hydrogen-bond donors (Lipinski definition) is 1. The monoisotopic (exact) mass is 281 g/mol. The van der Waals surface area contributed by atoms with Gasteiger partial charge in [0.15, 0.2) is 0 Å². The van der Waals surface area contributed by atoms with E-state index in [4.69, 9.17) is 17.3 Å². The second-order valence-electron chi connectivity index (χ2n) is 6.31. The van der Waals surface area contributed by atoms with Crippen LogP contribution in [0, 0.1) is 6.92 Å². The number of aryl methyl sites for hydroxylation is 1. The Labute approximate surface area is 121 Å². The molecule has 0 radical (unpaired) electrons.